The zero-order valence-electron chi connectivity index (χ0n) is 10.3. The second-order valence-corrected chi connectivity index (χ2v) is 4.39. The zero-order valence-corrected chi connectivity index (χ0v) is 10.3. The Bertz CT molecular complexity index is 332. The molecule has 0 heterocycles. The molecule has 84 valence electrons. The average Bonchev–Trinajstić information content (AvgIpc) is 2.18. The smallest absolute Gasteiger partial charge is 0.122 e. The van der Waals surface area contributed by atoms with Crippen molar-refractivity contribution in [1.29, 1.82) is 0 Å². The summed E-state index contributed by atoms with van der Waals surface area (Å²) in [7, 11) is 1.94. The largest absolute Gasteiger partial charge is 0.493 e. The summed E-state index contributed by atoms with van der Waals surface area (Å²) in [6.07, 6.45) is 0. The van der Waals surface area contributed by atoms with Gasteiger partial charge in [-0.05, 0) is 43.0 Å². The summed E-state index contributed by atoms with van der Waals surface area (Å²) in [6, 6.07) is 4.23. The predicted molar refractivity (Wildman–Crippen MR) is 65.8 cm³/mol. The van der Waals surface area contributed by atoms with E-state index < -0.39 is 0 Å². The van der Waals surface area contributed by atoms with E-state index in [9.17, 15) is 0 Å². The van der Waals surface area contributed by atoms with Gasteiger partial charge in [0.2, 0.25) is 0 Å². The fourth-order valence-corrected chi connectivity index (χ4v) is 1.47. The SMILES string of the molecule is CNc1cc(C)c(OCC(C)C)cc1C. The van der Waals surface area contributed by atoms with Crippen molar-refractivity contribution in [1.82, 2.24) is 0 Å². The van der Waals surface area contributed by atoms with Gasteiger partial charge in [0, 0.05) is 12.7 Å². The van der Waals surface area contributed by atoms with Crippen LogP contribution in [0.5, 0.6) is 5.75 Å². The Hall–Kier alpha value is -1.18. The van der Waals surface area contributed by atoms with Gasteiger partial charge in [0.1, 0.15) is 5.75 Å². The van der Waals surface area contributed by atoms with Crippen LogP contribution in [-0.4, -0.2) is 13.7 Å². The van der Waals surface area contributed by atoms with Crippen molar-refractivity contribution in [3.8, 4) is 5.75 Å². The van der Waals surface area contributed by atoms with Crippen molar-refractivity contribution in [2.75, 3.05) is 19.0 Å². The highest BCUT2D eigenvalue weighted by molar-refractivity contribution is 5.56. The zero-order chi connectivity index (χ0) is 11.4. The maximum Gasteiger partial charge on any atom is 0.122 e. The van der Waals surface area contributed by atoms with E-state index in [0.717, 1.165) is 12.4 Å². The minimum atomic E-state index is 0.564. The maximum atomic E-state index is 5.75. The molecule has 0 radical (unpaired) electrons. The Labute approximate surface area is 92.6 Å². The summed E-state index contributed by atoms with van der Waals surface area (Å²) in [5, 5.41) is 3.17. The van der Waals surface area contributed by atoms with Crippen molar-refractivity contribution >= 4 is 5.69 Å². The molecule has 0 fully saturated rings. The van der Waals surface area contributed by atoms with Crippen LogP contribution in [0.25, 0.3) is 0 Å². The molecule has 0 atom stereocenters. The first-order valence-corrected chi connectivity index (χ1v) is 5.46. The lowest BCUT2D eigenvalue weighted by Gasteiger charge is -2.14. The number of anilines is 1. The summed E-state index contributed by atoms with van der Waals surface area (Å²) in [5.41, 5.74) is 3.58. The number of hydrogen-bond acceptors (Lipinski definition) is 2. The Kier molecular flexibility index (Phi) is 4.01. The minimum absolute atomic E-state index is 0.564. The lowest BCUT2D eigenvalue weighted by molar-refractivity contribution is 0.269. The summed E-state index contributed by atoms with van der Waals surface area (Å²) >= 11 is 0. The van der Waals surface area contributed by atoms with Gasteiger partial charge in [-0.1, -0.05) is 13.8 Å². The number of rotatable bonds is 4. The van der Waals surface area contributed by atoms with Gasteiger partial charge < -0.3 is 10.1 Å². The van der Waals surface area contributed by atoms with Gasteiger partial charge >= 0.3 is 0 Å². The number of ether oxygens (including phenoxy) is 1. The van der Waals surface area contributed by atoms with Crippen LogP contribution in [0.2, 0.25) is 0 Å². The van der Waals surface area contributed by atoms with Crippen LogP contribution in [-0.2, 0) is 0 Å². The van der Waals surface area contributed by atoms with Crippen LogP contribution < -0.4 is 10.1 Å². The van der Waals surface area contributed by atoms with Gasteiger partial charge in [-0.15, -0.1) is 0 Å². The van der Waals surface area contributed by atoms with Gasteiger partial charge in [0.25, 0.3) is 0 Å². The van der Waals surface area contributed by atoms with Crippen LogP contribution in [0, 0.1) is 19.8 Å². The van der Waals surface area contributed by atoms with Gasteiger partial charge in [0.05, 0.1) is 6.61 Å². The molecule has 0 bridgehead atoms. The molecule has 0 aromatic heterocycles. The van der Waals surface area contributed by atoms with Gasteiger partial charge in [-0.25, -0.2) is 0 Å². The van der Waals surface area contributed by atoms with E-state index in [1.165, 1.54) is 16.8 Å². The van der Waals surface area contributed by atoms with Crippen LogP contribution >= 0.6 is 0 Å². The van der Waals surface area contributed by atoms with Gasteiger partial charge in [-0.3, -0.25) is 0 Å². The highest BCUT2D eigenvalue weighted by Crippen LogP contribution is 2.26. The Morgan fingerprint density at radius 3 is 2.40 bits per heavy atom. The predicted octanol–water partition coefficient (Wildman–Crippen LogP) is 3.38. The average molecular weight is 207 g/mol. The molecule has 0 spiro atoms. The molecule has 0 unspecified atom stereocenters. The van der Waals surface area contributed by atoms with Crippen molar-refractivity contribution in [3.05, 3.63) is 23.3 Å². The van der Waals surface area contributed by atoms with E-state index in [1.807, 2.05) is 7.05 Å². The van der Waals surface area contributed by atoms with Crippen molar-refractivity contribution in [3.63, 3.8) is 0 Å². The molecule has 1 N–H and O–H groups in total. The summed E-state index contributed by atoms with van der Waals surface area (Å²) in [6.45, 7) is 9.26. The maximum absolute atomic E-state index is 5.75. The third kappa shape index (κ3) is 3.15. The molecule has 2 nitrogen and oxygen atoms in total. The fraction of sp³-hybridized carbons (Fsp3) is 0.538. The van der Waals surface area contributed by atoms with E-state index in [4.69, 9.17) is 4.74 Å². The molecule has 0 saturated carbocycles. The Morgan fingerprint density at radius 1 is 1.20 bits per heavy atom. The molecule has 2 heteroatoms. The first-order chi connectivity index (χ1) is 7.04. The van der Waals surface area contributed by atoms with Crippen molar-refractivity contribution < 1.29 is 4.74 Å². The van der Waals surface area contributed by atoms with Gasteiger partial charge in [0.15, 0.2) is 0 Å². The normalized spacial score (nSPS) is 10.5. The molecule has 0 aliphatic rings. The molecule has 0 aliphatic heterocycles. The summed E-state index contributed by atoms with van der Waals surface area (Å²) in [4.78, 5) is 0. The number of aryl methyl sites for hydroxylation is 2. The lowest BCUT2D eigenvalue weighted by atomic mass is 10.1. The quantitative estimate of drug-likeness (QED) is 0.817. The molecule has 0 saturated heterocycles. The molecule has 15 heavy (non-hydrogen) atoms. The molecule has 1 aromatic rings. The van der Waals surface area contributed by atoms with E-state index >= 15 is 0 Å². The number of benzene rings is 1. The monoisotopic (exact) mass is 207 g/mol. The third-order valence-electron chi connectivity index (χ3n) is 2.36. The third-order valence-corrected chi connectivity index (χ3v) is 2.36. The fourth-order valence-electron chi connectivity index (χ4n) is 1.47. The topological polar surface area (TPSA) is 21.3 Å². The van der Waals surface area contributed by atoms with E-state index in [-0.39, 0.29) is 0 Å². The molecule has 0 aliphatic carbocycles. The number of nitrogens with one attached hydrogen (secondary N) is 1. The highest BCUT2D eigenvalue weighted by Gasteiger charge is 2.05. The van der Waals surface area contributed by atoms with E-state index in [1.54, 1.807) is 0 Å². The van der Waals surface area contributed by atoms with Gasteiger partial charge in [-0.2, -0.15) is 0 Å². The van der Waals surface area contributed by atoms with Crippen LogP contribution in [0.4, 0.5) is 5.69 Å². The molecule has 0 amide bonds. The van der Waals surface area contributed by atoms with Crippen LogP contribution in [0.15, 0.2) is 12.1 Å². The Balaban J connectivity index is 2.85. The Morgan fingerprint density at radius 2 is 1.87 bits per heavy atom. The van der Waals surface area contributed by atoms with Crippen LogP contribution in [0.3, 0.4) is 0 Å². The van der Waals surface area contributed by atoms with Crippen molar-refractivity contribution in [2.24, 2.45) is 5.92 Å². The van der Waals surface area contributed by atoms with Crippen LogP contribution in [0.1, 0.15) is 25.0 Å². The first kappa shape index (κ1) is 11.9. The molecular weight excluding hydrogens is 186 g/mol. The van der Waals surface area contributed by atoms with E-state index in [2.05, 4.69) is 45.1 Å². The van der Waals surface area contributed by atoms with Crippen molar-refractivity contribution in [2.45, 2.75) is 27.7 Å². The lowest BCUT2D eigenvalue weighted by Crippen LogP contribution is -2.06. The summed E-state index contributed by atoms with van der Waals surface area (Å²) < 4.78 is 5.75. The highest BCUT2D eigenvalue weighted by atomic mass is 16.5. The molecule has 1 aromatic carbocycles. The summed E-state index contributed by atoms with van der Waals surface area (Å²) in [5.74, 6) is 1.56. The second kappa shape index (κ2) is 5.06. The van der Waals surface area contributed by atoms with E-state index in [0.29, 0.717) is 5.92 Å². The second-order valence-electron chi connectivity index (χ2n) is 4.39. The minimum Gasteiger partial charge on any atom is -0.493 e. The first-order valence-electron chi connectivity index (χ1n) is 5.46. The number of hydrogen-bond donors (Lipinski definition) is 1. The molecule has 1 rings (SSSR count). The standard InChI is InChI=1S/C13H21NO/c1-9(2)8-15-13-7-10(3)12(14-5)6-11(13)4/h6-7,9,14H,8H2,1-5H3. The molecular formula is C13H21NO.